The number of benzene rings is 1. The van der Waals surface area contributed by atoms with Gasteiger partial charge in [-0.2, -0.15) is 0 Å². The number of fused-ring (bicyclic) bond motifs is 1. The normalized spacial score (nSPS) is 18.5. The second kappa shape index (κ2) is 9.79. The van der Waals surface area contributed by atoms with E-state index in [1.807, 2.05) is 26.8 Å². The Kier molecular flexibility index (Phi) is 6.83. The largest absolute Gasteiger partial charge is 0.351 e. The molecule has 8 heteroatoms. The molecule has 1 aromatic carbocycles. The second-order valence-electron chi connectivity index (χ2n) is 9.35. The number of anilines is 2. The van der Waals surface area contributed by atoms with Gasteiger partial charge < -0.3 is 16.4 Å². The van der Waals surface area contributed by atoms with Crippen LogP contribution < -0.4 is 16.4 Å². The lowest BCUT2D eigenvalue weighted by molar-refractivity contribution is -0.116. The summed E-state index contributed by atoms with van der Waals surface area (Å²) in [5, 5.41) is 6.05. The summed E-state index contributed by atoms with van der Waals surface area (Å²) in [4.78, 5) is 25.7. The zero-order valence-corrected chi connectivity index (χ0v) is 19.4. The van der Waals surface area contributed by atoms with E-state index in [2.05, 4.69) is 25.6 Å². The Hall–Kier alpha value is -3.13. The van der Waals surface area contributed by atoms with Gasteiger partial charge in [-0.1, -0.05) is 19.9 Å². The van der Waals surface area contributed by atoms with E-state index in [1.54, 1.807) is 18.3 Å². The summed E-state index contributed by atoms with van der Waals surface area (Å²) in [6, 6.07) is 7.24. The number of nitrogens with zero attached hydrogens (tertiary/aromatic N) is 3. The number of halogens is 1. The molecule has 174 valence electrons. The molecule has 1 aliphatic carbocycles. The van der Waals surface area contributed by atoms with Crippen molar-refractivity contribution in [2.45, 2.75) is 65.0 Å². The third-order valence-corrected chi connectivity index (χ3v) is 5.97. The van der Waals surface area contributed by atoms with Crippen LogP contribution >= 0.6 is 0 Å². The first kappa shape index (κ1) is 23.0. The second-order valence-corrected chi connectivity index (χ2v) is 9.35. The van der Waals surface area contributed by atoms with Crippen LogP contribution in [0.1, 0.15) is 51.5 Å². The summed E-state index contributed by atoms with van der Waals surface area (Å²) >= 11 is 0. The molecule has 1 amide bonds. The SMILES string of the molecule is Cc1cc(-c2ccc(NC(=O)CC(C)C)c(F)c2)nc2cnc(N[C@H]3CC[C@H](N)CC3)nc12. The highest BCUT2D eigenvalue weighted by molar-refractivity contribution is 5.91. The van der Waals surface area contributed by atoms with Crippen molar-refractivity contribution in [1.82, 2.24) is 15.0 Å². The van der Waals surface area contributed by atoms with Crippen molar-refractivity contribution in [3.8, 4) is 11.3 Å². The van der Waals surface area contributed by atoms with E-state index in [4.69, 9.17) is 5.73 Å². The lowest BCUT2D eigenvalue weighted by atomic mass is 9.92. The molecule has 7 nitrogen and oxygen atoms in total. The van der Waals surface area contributed by atoms with Gasteiger partial charge in [0.15, 0.2) is 0 Å². The first-order valence-electron chi connectivity index (χ1n) is 11.5. The van der Waals surface area contributed by atoms with E-state index in [-0.39, 0.29) is 17.5 Å². The molecule has 0 atom stereocenters. The van der Waals surface area contributed by atoms with Crippen LogP contribution in [0.3, 0.4) is 0 Å². The van der Waals surface area contributed by atoms with Crippen LogP contribution in [0.25, 0.3) is 22.3 Å². The Morgan fingerprint density at radius 3 is 2.64 bits per heavy atom. The van der Waals surface area contributed by atoms with Gasteiger partial charge in [-0.05, 0) is 62.3 Å². The summed E-state index contributed by atoms with van der Waals surface area (Å²) < 4.78 is 14.7. The molecule has 1 aliphatic rings. The third kappa shape index (κ3) is 5.63. The number of rotatable bonds is 6. The summed E-state index contributed by atoms with van der Waals surface area (Å²) in [5.41, 5.74) is 9.76. The fraction of sp³-hybridized carbons (Fsp3) is 0.440. The van der Waals surface area contributed by atoms with Gasteiger partial charge in [0.1, 0.15) is 11.3 Å². The van der Waals surface area contributed by atoms with Crippen molar-refractivity contribution in [2.75, 3.05) is 10.6 Å². The summed E-state index contributed by atoms with van der Waals surface area (Å²) in [6.45, 7) is 5.85. The number of carbonyl (C=O) groups is 1. The topological polar surface area (TPSA) is 106 Å². The lowest BCUT2D eigenvalue weighted by Crippen LogP contribution is -2.33. The Labute approximate surface area is 193 Å². The van der Waals surface area contributed by atoms with E-state index < -0.39 is 5.82 Å². The summed E-state index contributed by atoms with van der Waals surface area (Å²) in [7, 11) is 0. The highest BCUT2D eigenvalue weighted by Gasteiger charge is 2.19. The first-order chi connectivity index (χ1) is 15.8. The van der Waals surface area contributed by atoms with Gasteiger partial charge in [0.25, 0.3) is 0 Å². The van der Waals surface area contributed by atoms with Crippen LogP contribution in [0.15, 0.2) is 30.5 Å². The average molecular weight is 451 g/mol. The number of hydrogen-bond acceptors (Lipinski definition) is 6. The van der Waals surface area contributed by atoms with E-state index in [0.717, 1.165) is 36.8 Å². The van der Waals surface area contributed by atoms with Gasteiger partial charge in [-0.15, -0.1) is 0 Å². The van der Waals surface area contributed by atoms with Gasteiger partial charge in [0.2, 0.25) is 11.9 Å². The van der Waals surface area contributed by atoms with Crippen molar-refractivity contribution in [3.63, 3.8) is 0 Å². The third-order valence-electron chi connectivity index (χ3n) is 5.97. The van der Waals surface area contributed by atoms with Crippen LogP contribution in [0.2, 0.25) is 0 Å². The van der Waals surface area contributed by atoms with Crippen LogP contribution in [0.5, 0.6) is 0 Å². The van der Waals surface area contributed by atoms with Crippen molar-refractivity contribution in [3.05, 3.63) is 41.8 Å². The minimum absolute atomic E-state index is 0.171. The van der Waals surface area contributed by atoms with Crippen LogP contribution in [0, 0.1) is 18.7 Å². The highest BCUT2D eigenvalue weighted by atomic mass is 19.1. The Balaban J connectivity index is 1.54. The molecule has 1 saturated carbocycles. The standard InChI is InChI=1S/C25H31FN6O/c1-14(2)10-23(33)31-20-9-4-16(12-19(20)26)21-11-15(3)24-22(30-21)13-28-25(32-24)29-18-7-5-17(27)6-8-18/h4,9,11-14,17-18H,5-8,10,27H2,1-3H3,(H,31,33)(H,28,29,32)/t17-,18-. The van der Waals surface area contributed by atoms with Crippen molar-refractivity contribution < 1.29 is 9.18 Å². The predicted molar refractivity (Wildman–Crippen MR) is 129 cm³/mol. The molecule has 4 N–H and O–H groups in total. The molecule has 33 heavy (non-hydrogen) atoms. The van der Waals surface area contributed by atoms with Gasteiger partial charge in [0, 0.05) is 24.1 Å². The lowest BCUT2D eigenvalue weighted by Gasteiger charge is -2.26. The van der Waals surface area contributed by atoms with Gasteiger partial charge in [-0.25, -0.2) is 19.3 Å². The molecular weight excluding hydrogens is 419 g/mol. The molecule has 0 aliphatic heterocycles. The monoisotopic (exact) mass is 450 g/mol. The predicted octanol–water partition coefficient (Wildman–Crippen LogP) is 4.81. The van der Waals surface area contributed by atoms with Gasteiger partial charge >= 0.3 is 0 Å². The molecule has 0 radical (unpaired) electrons. The van der Waals surface area contributed by atoms with Crippen LogP contribution in [-0.4, -0.2) is 32.9 Å². The van der Waals surface area contributed by atoms with Gasteiger partial charge in [-0.3, -0.25) is 4.79 Å². The van der Waals surface area contributed by atoms with E-state index >= 15 is 0 Å². The Morgan fingerprint density at radius 2 is 1.94 bits per heavy atom. The number of aromatic nitrogens is 3. The Morgan fingerprint density at radius 1 is 1.18 bits per heavy atom. The number of carbonyl (C=O) groups excluding carboxylic acids is 1. The maximum Gasteiger partial charge on any atom is 0.224 e. The molecule has 4 rings (SSSR count). The zero-order chi connectivity index (χ0) is 23.5. The molecule has 2 aromatic heterocycles. The molecule has 2 heterocycles. The van der Waals surface area contributed by atoms with E-state index in [9.17, 15) is 9.18 Å². The quantitative estimate of drug-likeness (QED) is 0.498. The maximum atomic E-state index is 14.7. The number of amides is 1. The molecule has 0 unspecified atom stereocenters. The highest BCUT2D eigenvalue weighted by Crippen LogP contribution is 2.27. The fourth-order valence-electron chi connectivity index (χ4n) is 4.19. The number of nitrogens with two attached hydrogens (primary N) is 1. The summed E-state index contributed by atoms with van der Waals surface area (Å²) in [6.07, 6.45) is 6.08. The molecule has 0 bridgehead atoms. The number of pyridine rings is 1. The zero-order valence-electron chi connectivity index (χ0n) is 19.4. The molecule has 3 aromatic rings. The average Bonchev–Trinajstić information content (AvgIpc) is 2.76. The minimum atomic E-state index is -0.493. The summed E-state index contributed by atoms with van der Waals surface area (Å²) in [5.74, 6) is 0.102. The van der Waals surface area contributed by atoms with Crippen molar-refractivity contribution >= 4 is 28.6 Å². The van der Waals surface area contributed by atoms with Crippen LogP contribution in [0.4, 0.5) is 16.0 Å². The first-order valence-corrected chi connectivity index (χ1v) is 11.5. The molecule has 0 saturated heterocycles. The van der Waals surface area contributed by atoms with E-state index in [0.29, 0.717) is 41.2 Å². The minimum Gasteiger partial charge on any atom is -0.351 e. The number of aryl methyl sites for hydroxylation is 1. The Bertz CT molecular complexity index is 1160. The van der Waals surface area contributed by atoms with E-state index in [1.165, 1.54) is 6.07 Å². The molecular formula is C25H31FN6O. The number of nitrogens with one attached hydrogen (secondary N) is 2. The smallest absolute Gasteiger partial charge is 0.224 e. The van der Waals surface area contributed by atoms with Crippen molar-refractivity contribution in [2.24, 2.45) is 11.7 Å². The fourth-order valence-corrected chi connectivity index (χ4v) is 4.19. The van der Waals surface area contributed by atoms with Gasteiger partial charge in [0.05, 0.1) is 23.1 Å². The maximum absolute atomic E-state index is 14.7. The molecule has 1 fully saturated rings. The number of hydrogen-bond donors (Lipinski definition) is 3. The molecule has 0 spiro atoms. The van der Waals surface area contributed by atoms with Crippen LogP contribution in [-0.2, 0) is 4.79 Å². The van der Waals surface area contributed by atoms with Crippen molar-refractivity contribution in [1.29, 1.82) is 0 Å².